The van der Waals surface area contributed by atoms with Crippen LogP contribution in [0.15, 0.2) is 53.5 Å². The fourth-order valence-corrected chi connectivity index (χ4v) is 3.76. The minimum absolute atomic E-state index is 0.209. The van der Waals surface area contributed by atoms with Gasteiger partial charge in [-0.25, -0.2) is 4.99 Å². The average Bonchev–Trinajstić information content (AvgIpc) is 3.13. The van der Waals surface area contributed by atoms with E-state index in [-0.39, 0.29) is 6.04 Å². The number of benzene rings is 2. The number of fused-ring (bicyclic) bond motifs is 2. The first-order valence-corrected chi connectivity index (χ1v) is 8.06. The number of guanidine groups is 1. The molecule has 0 aromatic heterocycles. The fraction of sp³-hybridized carbons (Fsp3) is 0.316. The zero-order valence-electron chi connectivity index (χ0n) is 12.6. The Kier molecular flexibility index (Phi) is 3.34. The predicted octanol–water partition coefficient (Wildman–Crippen LogP) is 3.27. The van der Waals surface area contributed by atoms with Crippen molar-refractivity contribution in [1.29, 1.82) is 0 Å². The molecule has 2 aromatic carbocycles. The molecule has 112 valence electrons. The molecule has 3 N–H and O–H groups in total. The van der Waals surface area contributed by atoms with Crippen LogP contribution in [0.1, 0.15) is 47.2 Å². The molecule has 2 aliphatic rings. The zero-order valence-corrected chi connectivity index (χ0v) is 12.6. The summed E-state index contributed by atoms with van der Waals surface area (Å²) in [6.07, 6.45) is 4.37. The lowest BCUT2D eigenvalue weighted by atomic mass is 10.1. The minimum Gasteiger partial charge on any atom is -0.370 e. The normalized spacial score (nSPS) is 23.2. The number of aryl methyl sites for hydroxylation is 2. The zero-order chi connectivity index (χ0) is 14.9. The monoisotopic (exact) mass is 291 g/mol. The third-order valence-corrected chi connectivity index (χ3v) is 4.85. The number of rotatable bonds is 2. The van der Waals surface area contributed by atoms with Gasteiger partial charge in [-0.15, -0.1) is 0 Å². The van der Waals surface area contributed by atoms with Gasteiger partial charge < -0.3 is 11.1 Å². The van der Waals surface area contributed by atoms with Gasteiger partial charge in [0.2, 0.25) is 0 Å². The lowest BCUT2D eigenvalue weighted by Crippen LogP contribution is -2.34. The Balaban J connectivity index is 1.51. The molecule has 3 heteroatoms. The molecule has 0 amide bonds. The second-order valence-corrected chi connectivity index (χ2v) is 6.20. The quantitative estimate of drug-likeness (QED) is 0.659. The van der Waals surface area contributed by atoms with Gasteiger partial charge in [0.1, 0.15) is 0 Å². The van der Waals surface area contributed by atoms with Crippen LogP contribution in [0.4, 0.5) is 0 Å². The number of nitrogens with two attached hydrogens (primary N) is 1. The predicted molar refractivity (Wildman–Crippen MR) is 89.8 cm³/mol. The first kappa shape index (κ1) is 13.4. The maximum Gasteiger partial charge on any atom is 0.189 e. The summed E-state index contributed by atoms with van der Waals surface area (Å²) in [5.41, 5.74) is 11.7. The highest BCUT2D eigenvalue weighted by molar-refractivity contribution is 5.79. The number of nitrogens with zero attached hydrogens (tertiary/aromatic N) is 1. The highest BCUT2D eigenvalue weighted by Crippen LogP contribution is 2.34. The van der Waals surface area contributed by atoms with Crippen LogP contribution >= 0.6 is 0 Å². The molecule has 0 saturated carbocycles. The molecule has 2 aromatic rings. The van der Waals surface area contributed by atoms with Crippen molar-refractivity contribution in [2.24, 2.45) is 10.7 Å². The number of aliphatic imine (C=N–C) groups is 1. The molecule has 0 spiro atoms. The molecule has 0 saturated heterocycles. The molecule has 3 nitrogen and oxygen atoms in total. The molecule has 0 fully saturated rings. The molecule has 0 radical (unpaired) electrons. The van der Waals surface area contributed by atoms with Crippen molar-refractivity contribution in [2.45, 2.75) is 37.8 Å². The lowest BCUT2D eigenvalue weighted by Gasteiger charge is -2.16. The van der Waals surface area contributed by atoms with Crippen LogP contribution in [0.25, 0.3) is 0 Å². The smallest absolute Gasteiger partial charge is 0.189 e. The summed E-state index contributed by atoms with van der Waals surface area (Å²) in [4.78, 5) is 4.74. The Labute approximate surface area is 131 Å². The molecule has 4 rings (SSSR count). The molecular formula is C19H21N3. The number of nitrogens with one attached hydrogen (secondary N) is 1. The van der Waals surface area contributed by atoms with Gasteiger partial charge in [-0.3, -0.25) is 0 Å². The van der Waals surface area contributed by atoms with Gasteiger partial charge in [0, 0.05) is 0 Å². The topological polar surface area (TPSA) is 50.4 Å². The first-order chi connectivity index (χ1) is 10.8. The van der Waals surface area contributed by atoms with E-state index in [1.54, 1.807) is 0 Å². The van der Waals surface area contributed by atoms with Crippen LogP contribution in [0, 0.1) is 0 Å². The largest absolute Gasteiger partial charge is 0.370 e. The highest BCUT2D eigenvalue weighted by atomic mass is 15.1. The number of hydrogen-bond donors (Lipinski definition) is 2. The van der Waals surface area contributed by atoms with Crippen molar-refractivity contribution < 1.29 is 0 Å². The summed E-state index contributed by atoms with van der Waals surface area (Å²) >= 11 is 0. The van der Waals surface area contributed by atoms with Crippen LogP contribution in [0.2, 0.25) is 0 Å². The third kappa shape index (κ3) is 2.37. The van der Waals surface area contributed by atoms with Gasteiger partial charge >= 0.3 is 0 Å². The SMILES string of the molecule is NC(=NC1CCc2ccccc21)NC1CCc2ccccc21. The lowest BCUT2D eigenvalue weighted by molar-refractivity contribution is 0.624. The van der Waals surface area contributed by atoms with E-state index >= 15 is 0 Å². The average molecular weight is 291 g/mol. The molecular weight excluding hydrogens is 270 g/mol. The molecule has 2 aliphatic carbocycles. The van der Waals surface area contributed by atoms with Crippen molar-refractivity contribution in [1.82, 2.24) is 5.32 Å². The first-order valence-electron chi connectivity index (χ1n) is 8.06. The Morgan fingerprint density at radius 1 is 0.909 bits per heavy atom. The van der Waals surface area contributed by atoms with E-state index in [1.165, 1.54) is 22.3 Å². The second kappa shape index (κ2) is 5.48. The van der Waals surface area contributed by atoms with Crippen LogP contribution in [0.5, 0.6) is 0 Å². The Hall–Kier alpha value is -2.29. The van der Waals surface area contributed by atoms with E-state index in [0.29, 0.717) is 12.0 Å². The van der Waals surface area contributed by atoms with Crippen LogP contribution in [0.3, 0.4) is 0 Å². The summed E-state index contributed by atoms with van der Waals surface area (Å²) < 4.78 is 0. The summed E-state index contributed by atoms with van der Waals surface area (Å²) in [5.74, 6) is 0.573. The van der Waals surface area contributed by atoms with E-state index in [2.05, 4.69) is 53.8 Å². The Bertz CT molecular complexity index is 720. The summed E-state index contributed by atoms with van der Waals surface area (Å²) in [6.45, 7) is 0. The van der Waals surface area contributed by atoms with Crippen molar-refractivity contribution in [3.05, 3.63) is 70.8 Å². The second-order valence-electron chi connectivity index (χ2n) is 6.20. The molecule has 0 aliphatic heterocycles. The molecule has 2 atom stereocenters. The molecule has 0 heterocycles. The summed E-state index contributed by atoms with van der Waals surface area (Å²) in [6, 6.07) is 17.7. The van der Waals surface area contributed by atoms with Gasteiger partial charge in [-0.2, -0.15) is 0 Å². The fourth-order valence-electron chi connectivity index (χ4n) is 3.76. The van der Waals surface area contributed by atoms with Gasteiger partial charge in [0.05, 0.1) is 12.1 Å². The maximum atomic E-state index is 6.19. The van der Waals surface area contributed by atoms with E-state index in [4.69, 9.17) is 10.7 Å². The third-order valence-electron chi connectivity index (χ3n) is 4.85. The van der Waals surface area contributed by atoms with Crippen molar-refractivity contribution in [2.75, 3.05) is 0 Å². The van der Waals surface area contributed by atoms with Crippen molar-refractivity contribution in [3.63, 3.8) is 0 Å². The highest BCUT2D eigenvalue weighted by Gasteiger charge is 2.24. The Morgan fingerprint density at radius 2 is 1.55 bits per heavy atom. The van der Waals surface area contributed by atoms with Gasteiger partial charge in [-0.05, 0) is 47.9 Å². The van der Waals surface area contributed by atoms with Crippen LogP contribution < -0.4 is 11.1 Å². The van der Waals surface area contributed by atoms with E-state index in [9.17, 15) is 0 Å². The maximum absolute atomic E-state index is 6.19. The van der Waals surface area contributed by atoms with Gasteiger partial charge in [0.25, 0.3) is 0 Å². The summed E-state index contributed by atoms with van der Waals surface area (Å²) in [5, 5.41) is 3.42. The standard InChI is InChI=1S/C19H21N3/c20-19(21-17-11-9-13-5-1-3-7-15(13)17)22-18-12-10-14-6-2-4-8-16(14)18/h1-8,17-18H,9-12H2,(H3,20,21,22). The van der Waals surface area contributed by atoms with Gasteiger partial charge in [0.15, 0.2) is 5.96 Å². The van der Waals surface area contributed by atoms with Gasteiger partial charge in [-0.1, -0.05) is 48.5 Å². The summed E-state index contributed by atoms with van der Waals surface area (Å²) in [7, 11) is 0. The van der Waals surface area contributed by atoms with E-state index in [1.807, 2.05) is 0 Å². The molecule has 2 unspecified atom stereocenters. The van der Waals surface area contributed by atoms with Crippen LogP contribution in [-0.4, -0.2) is 5.96 Å². The van der Waals surface area contributed by atoms with E-state index in [0.717, 1.165) is 25.7 Å². The number of hydrogen-bond acceptors (Lipinski definition) is 1. The van der Waals surface area contributed by atoms with E-state index < -0.39 is 0 Å². The van der Waals surface area contributed by atoms with Crippen LogP contribution in [-0.2, 0) is 12.8 Å². The van der Waals surface area contributed by atoms with Crippen molar-refractivity contribution >= 4 is 5.96 Å². The molecule has 0 bridgehead atoms. The molecule has 22 heavy (non-hydrogen) atoms. The Morgan fingerprint density at radius 3 is 2.36 bits per heavy atom. The minimum atomic E-state index is 0.209. The van der Waals surface area contributed by atoms with Crippen molar-refractivity contribution in [3.8, 4) is 0 Å².